The molecule has 84 valence electrons. The third kappa shape index (κ3) is 2.60. The Hall–Kier alpha value is -0.820. The van der Waals surface area contributed by atoms with E-state index >= 15 is 0 Å². The molecule has 1 N–H and O–H groups in total. The van der Waals surface area contributed by atoms with Gasteiger partial charge in [-0.15, -0.1) is 0 Å². The predicted octanol–water partition coefficient (Wildman–Crippen LogP) is 3.67. The molecule has 1 nitrogen and oxygen atoms in total. The van der Waals surface area contributed by atoms with E-state index in [0.29, 0.717) is 5.92 Å². The highest BCUT2D eigenvalue weighted by Gasteiger charge is 2.27. The number of rotatable bonds is 3. The molecule has 1 atom stereocenters. The fourth-order valence-corrected chi connectivity index (χ4v) is 1.55. The molecule has 1 aromatic carbocycles. The van der Waals surface area contributed by atoms with Crippen LogP contribution in [0, 0.1) is 5.92 Å². The quantitative estimate of drug-likeness (QED) is 0.800. The lowest BCUT2D eigenvalue weighted by atomic mass is 9.84. The molecule has 0 aliphatic rings. The molecule has 0 amide bonds. The number of hydrogen-bond acceptors (Lipinski definition) is 1. The van der Waals surface area contributed by atoms with Crippen molar-refractivity contribution in [2.24, 2.45) is 5.92 Å². The fraction of sp³-hybridized carbons (Fsp3) is 0.571. The summed E-state index contributed by atoms with van der Waals surface area (Å²) in [5, 5.41) is 10.4. The molecule has 0 aromatic heterocycles. The molecule has 0 saturated heterocycles. The van der Waals surface area contributed by atoms with E-state index in [1.165, 1.54) is 5.56 Å². The summed E-state index contributed by atoms with van der Waals surface area (Å²) in [4.78, 5) is 0. The van der Waals surface area contributed by atoms with Crippen LogP contribution < -0.4 is 0 Å². The van der Waals surface area contributed by atoms with E-state index in [4.69, 9.17) is 0 Å². The average molecular weight is 206 g/mol. The Balaban J connectivity index is 3.10. The van der Waals surface area contributed by atoms with Crippen molar-refractivity contribution >= 4 is 0 Å². The lowest BCUT2D eigenvalue weighted by Gasteiger charge is -2.29. The van der Waals surface area contributed by atoms with E-state index in [-0.39, 0.29) is 5.92 Å². The first-order valence-corrected chi connectivity index (χ1v) is 5.68. The highest BCUT2D eigenvalue weighted by Crippen LogP contribution is 2.30. The third-order valence-electron chi connectivity index (χ3n) is 3.26. The summed E-state index contributed by atoms with van der Waals surface area (Å²) in [6.07, 6.45) is 0. The van der Waals surface area contributed by atoms with Gasteiger partial charge in [0.1, 0.15) is 0 Å². The first-order chi connectivity index (χ1) is 6.85. The fourth-order valence-electron chi connectivity index (χ4n) is 1.55. The highest BCUT2D eigenvalue weighted by atomic mass is 16.3. The van der Waals surface area contributed by atoms with Gasteiger partial charge in [0.15, 0.2) is 0 Å². The number of hydrogen-bond donors (Lipinski definition) is 1. The molecule has 0 bridgehead atoms. The van der Waals surface area contributed by atoms with Crippen LogP contribution in [0.15, 0.2) is 24.3 Å². The normalized spacial score (nSPS) is 15.7. The summed E-state index contributed by atoms with van der Waals surface area (Å²) in [6.45, 7) is 10.3. The van der Waals surface area contributed by atoms with Gasteiger partial charge >= 0.3 is 0 Å². The molecule has 1 heteroatoms. The van der Waals surface area contributed by atoms with Crippen LogP contribution in [0.25, 0.3) is 0 Å². The lowest BCUT2D eigenvalue weighted by molar-refractivity contribution is 0.00897. The van der Waals surface area contributed by atoms with E-state index in [0.717, 1.165) is 5.56 Å². The van der Waals surface area contributed by atoms with Crippen molar-refractivity contribution in [2.75, 3.05) is 0 Å². The van der Waals surface area contributed by atoms with Crippen LogP contribution >= 0.6 is 0 Å². The van der Waals surface area contributed by atoms with Crippen LogP contribution in [-0.4, -0.2) is 5.11 Å². The summed E-state index contributed by atoms with van der Waals surface area (Å²) in [6, 6.07) is 8.27. The second-order valence-corrected chi connectivity index (χ2v) is 5.08. The van der Waals surface area contributed by atoms with Crippen molar-refractivity contribution in [3.8, 4) is 0 Å². The van der Waals surface area contributed by atoms with Crippen LogP contribution in [0.2, 0.25) is 0 Å². The molecule has 0 spiro atoms. The first kappa shape index (κ1) is 12.3. The minimum Gasteiger partial charge on any atom is -0.385 e. The average Bonchev–Trinajstić information content (AvgIpc) is 2.17. The first-order valence-electron chi connectivity index (χ1n) is 5.68. The molecule has 0 fully saturated rings. The van der Waals surface area contributed by atoms with Gasteiger partial charge < -0.3 is 5.11 Å². The van der Waals surface area contributed by atoms with E-state index in [1.54, 1.807) is 0 Å². The zero-order chi connectivity index (χ0) is 11.6. The molecule has 0 saturated carbocycles. The molecule has 0 aliphatic heterocycles. The highest BCUT2D eigenvalue weighted by molar-refractivity contribution is 5.29. The van der Waals surface area contributed by atoms with Crippen LogP contribution in [0.4, 0.5) is 0 Å². The van der Waals surface area contributed by atoms with Crippen LogP contribution in [0.1, 0.15) is 51.7 Å². The molecule has 1 unspecified atom stereocenters. The van der Waals surface area contributed by atoms with Crippen molar-refractivity contribution in [3.05, 3.63) is 35.4 Å². The largest absolute Gasteiger partial charge is 0.385 e. The Bertz CT molecular complexity index is 324. The van der Waals surface area contributed by atoms with Crippen molar-refractivity contribution in [3.63, 3.8) is 0 Å². The predicted molar refractivity (Wildman–Crippen MR) is 64.9 cm³/mol. The minimum atomic E-state index is -0.731. The standard InChI is InChI=1S/C14H22O/c1-10(2)12-7-6-8-13(9-12)14(5,15)11(3)4/h6-11,15H,1-5H3. The Kier molecular flexibility index (Phi) is 3.56. The SMILES string of the molecule is CC(C)c1cccc(C(C)(O)C(C)C)c1. The molecule has 0 radical (unpaired) electrons. The summed E-state index contributed by atoms with van der Waals surface area (Å²) in [7, 11) is 0. The maximum absolute atomic E-state index is 10.4. The van der Waals surface area contributed by atoms with Gasteiger partial charge in [-0.25, -0.2) is 0 Å². The van der Waals surface area contributed by atoms with Crippen molar-refractivity contribution in [1.29, 1.82) is 0 Å². The van der Waals surface area contributed by atoms with Gasteiger partial charge in [-0.05, 0) is 29.9 Å². The lowest BCUT2D eigenvalue weighted by Crippen LogP contribution is -2.28. The summed E-state index contributed by atoms with van der Waals surface area (Å²) in [5.41, 5.74) is 1.57. The topological polar surface area (TPSA) is 20.2 Å². The Labute approximate surface area is 93.1 Å². The van der Waals surface area contributed by atoms with Gasteiger partial charge in [0.05, 0.1) is 5.60 Å². The number of benzene rings is 1. The monoisotopic (exact) mass is 206 g/mol. The van der Waals surface area contributed by atoms with E-state index < -0.39 is 5.60 Å². The summed E-state index contributed by atoms with van der Waals surface area (Å²) in [5.74, 6) is 0.729. The van der Waals surface area contributed by atoms with Gasteiger partial charge in [0.2, 0.25) is 0 Å². The van der Waals surface area contributed by atoms with E-state index in [9.17, 15) is 5.11 Å². The van der Waals surface area contributed by atoms with Crippen molar-refractivity contribution in [2.45, 2.75) is 46.1 Å². The van der Waals surface area contributed by atoms with E-state index in [1.807, 2.05) is 32.9 Å². The molecule has 1 aromatic rings. The smallest absolute Gasteiger partial charge is 0.0891 e. The van der Waals surface area contributed by atoms with Crippen molar-refractivity contribution in [1.82, 2.24) is 0 Å². The van der Waals surface area contributed by atoms with Crippen LogP contribution in [-0.2, 0) is 5.60 Å². The maximum atomic E-state index is 10.4. The second kappa shape index (κ2) is 4.36. The Morgan fingerprint density at radius 2 is 1.73 bits per heavy atom. The molecule has 0 heterocycles. The summed E-state index contributed by atoms with van der Waals surface area (Å²) >= 11 is 0. The Morgan fingerprint density at radius 3 is 2.20 bits per heavy atom. The zero-order valence-electron chi connectivity index (χ0n) is 10.4. The van der Waals surface area contributed by atoms with Crippen LogP contribution in [0.5, 0.6) is 0 Å². The maximum Gasteiger partial charge on any atom is 0.0891 e. The Morgan fingerprint density at radius 1 is 1.13 bits per heavy atom. The van der Waals surface area contributed by atoms with E-state index in [2.05, 4.69) is 26.0 Å². The molecule has 1 rings (SSSR count). The van der Waals surface area contributed by atoms with Gasteiger partial charge in [-0.2, -0.15) is 0 Å². The molecule has 0 aliphatic carbocycles. The zero-order valence-corrected chi connectivity index (χ0v) is 10.4. The van der Waals surface area contributed by atoms with Gasteiger partial charge in [0.25, 0.3) is 0 Å². The molecular weight excluding hydrogens is 184 g/mol. The number of aliphatic hydroxyl groups is 1. The molecule has 15 heavy (non-hydrogen) atoms. The van der Waals surface area contributed by atoms with Crippen LogP contribution in [0.3, 0.4) is 0 Å². The summed E-state index contributed by atoms with van der Waals surface area (Å²) < 4.78 is 0. The second-order valence-electron chi connectivity index (χ2n) is 5.08. The minimum absolute atomic E-state index is 0.222. The molecular formula is C14H22O. The van der Waals surface area contributed by atoms with Crippen molar-refractivity contribution < 1.29 is 5.11 Å². The van der Waals surface area contributed by atoms with Gasteiger partial charge in [-0.3, -0.25) is 0 Å². The van der Waals surface area contributed by atoms with Gasteiger partial charge in [-0.1, -0.05) is 52.0 Å². The third-order valence-corrected chi connectivity index (χ3v) is 3.26. The van der Waals surface area contributed by atoms with Gasteiger partial charge in [0, 0.05) is 0 Å².